The zero-order valence-electron chi connectivity index (χ0n) is 16.8. The van der Waals surface area contributed by atoms with Crippen molar-refractivity contribution in [3.05, 3.63) is 56.4 Å². The maximum atomic E-state index is 12.4. The lowest BCUT2D eigenvalue weighted by Gasteiger charge is -2.23. The Bertz CT molecular complexity index is 933. The molecule has 14 heteroatoms. The number of amides is 1. The monoisotopic (exact) mass is 435 g/mol. The van der Waals surface area contributed by atoms with Crippen LogP contribution < -0.4 is 15.8 Å². The van der Waals surface area contributed by atoms with Crippen LogP contribution in [0.5, 0.6) is 0 Å². The summed E-state index contributed by atoms with van der Waals surface area (Å²) in [5.74, 6) is -1.16. The van der Waals surface area contributed by atoms with E-state index in [1.807, 2.05) is 0 Å². The number of benzene rings is 1. The number of ether oxygens (including phenoxy) is 2. The number of hydrogen-bond donors (Lipinski definition) is 2. The van der Waals surface area contributed by atoms with Crippen LogP contribution in [0.3, 0.4) is 0 Å². The van der Waals surface area contributed by atoms with Gasteiger partial charge in [0.2, 0.25) is 11.6 Å². The standard InChI is InChI=1S/C17H21N7O7/c1-30-9-7-22(8-10-31-2)16-14(24(28)29)15(18-11-19-16)20-21-17(25)12-5-3-4-6-13(12)23(26)27/h3-6,11H,7-10H2,1-2H3,(H,21,25)(H,18,19,20). The number of anilines is 2. The summed E-state index contributed by atoms with van der Waals surface area (Å²) in [4.78, 5) is 43.3. The van der Waals surface area contributed by atoms with Gasteiger partial charge < -0.3 is 14.4 Å². The Morgan fingerprint density at radius 3 is 2.29 bits per heavy atom. The van der Waals surface area contributed by atoms with Gasteiger partial charge in [0.25, 0.3) is 11.6 Å². The highest BCUT2D eigenvalue weighted by molar-refractivity contribution is 5.98. The van der Waals surface area contributed by atoms with Gasteiger partial charge in [-0.05, 0) is 6.07 Å². The van der Waals surface area contributed by atoms with Gasteiger partial charge in [-0.2, -0.15) is 0 Å². The van der Waals surface area contributed by atoms with Crippen LogP contribution in [0.25, 0.3) is 0 Å². The molecule has 0 radical (unpaired) electrons. The van der Waals surface area contributed by atoms with Crippen LogP contribution in [0.2, 0.25) is 0 Å². The minimum Gasteiger partial charge on any atom is -0.383 e. The maximum Gasteiger partial charge on any atom is 0.355 e. The molecule has 0 aliphatic carbocycles. The quantitative estimate of drug-likeness (QED) is 0.361. The lowest BCUT2D eigenvalue weighted by atomic mass is 10.2. The van der Waals surface area contributed by atoms with Crippen LogP contribution in [-0.4, -0.2) is 66.2 Å². The predicted molar refractivity (Wildman–Crippen MR) is 109 cm³/mol. The van der Waals surface area contributed by atoms with Crippen molar-refractivity contribution in [1.29, 1.82) is 0 Å². The number of nitrogens with zero attached hydrogens (tertiary/aromatic N) is 5. The average Bonchev–Trinajstić information content (AvgIpc) is 2.77. The number of carbonyl (C=O) groups is 1. The normalized spacial score (nSPS) is 10.4. The number of rotatable bonds is 12. The Labute approximate surface area is 176 Å². The van der Waals surface area contributed by atoms with Gasteiger partial charge in [0.1, 0.15) is 11.9 Å². The Balaban J connectivity index is 2.31. The Kier molecular flexibility index (Phi) is 8.53. The highest BCUT2D eigenvalue weighted by atomic mass is 16.6. The zero-order valence-corrected chi connectivity index (χ0v) is 16.8. The van der Waals surface area contributed by atoms with E-state index in [-0.39, 0.29) is 30.4 Å². The molecule has 0 fully saturated rings. The van der Waals surface area contributed by atoms with Gasteiger partial charge in [-0.3, -0.25) is 35.9 Å². The summed E-state index contributed by atoms with van der Waals surface area (Å²) in [6.45, 7) is 1.14. The van der Waals surface area contributed by atoms with Crippen molar-refractivity contribution in [3.63, 3.8) is 0 Å². The van der Waals surface area contributed by atoms with E-state index in [1.165, 1.54) is 38.5 Å². The third kappa shape index (κ3) is 6.03. The summed E-state index contributed by atoms with van der Waals surface area (Å²) in [6.07, 6.45) is 1.09. The molecule has 2 aromatic rings. The molecule has 2 N–H and O–H groups in total. The number of aromatic nitrogens is 2. The number of methoxy groups -OCH3 is 2. The van der Waals surface area contributed by atoms with Crippen LogP contribution in [-0.2, 0) is 9.47 Å². The molecule has 0 bridgehead atoms. The van der Waals surface area contributed by atoms with Gasteiger partial charge in [0.15, 0.2) is 0 Å². The number of nitro groups is 2. The second-order valence-electron chi connectivity index (χ2n) is 5.98. The first kappa shape index (κ1) is 23.4. The number of nitro benzene ring substituents is 1. The van der Waals surface area contributed by atoms with Crippen LogP contribution in [0.4, 0.5) is 23.0 Å². The third-order valence-electron chi connectivity index (χ3n) is 4.06. The molecule has 0 unspecified atom stereocenters. The van der Waals surface area contributed by atoms with Crippen LogP contribution in [0.1, 0.15) is 10.4 Å². The maximum absolute atomic E-state index is 12.4. The molecule has 14 nitrogen and oxygen atoms in total. The van der Waals surface area contributed by atoms with Crippen molar-refractivity contribution in [3.8, 4) is 0 Å². The molecule has 0 spiro atoms. The largest absolute Gasteiger partial charge is 0.383 e. The molecule has 31 heavy (non-hydrogen) atoms. The van der Waals surface area contributed by atoms with Crippen molar-refractivity contribution in [2.24, 2.45) is 0 Å². The molecule has 0 aliphatic rings. The summed E-state index contributed by atoms with van der Waals surface area (Å²) < 4.78 is 10.1. The first-order chi connectivity index (χ1) is 14.9. The highest BCUT2D eigenvalue weighted by Crippen LogP contribution is 2.31. The van der Waals surface area contributed by atoms with E-state index in [4.69, 9.17) is 9.47 Å². The summed E-state index contributed by atoms with van der Waals surface area (Å²) in [7, 11) is 2.99. The minimum absolute atomic E-state index is 0.00320. The molecule has 1 amide bonds. The van der Waals surface area contributed by atoms with E-state index in [1.54, 1.807) is 4.90 Å². The van der Waals surface area contributed by atoms with Gasteiger partial charge in [-0.15, -0.1) is 0 Å². The minimum atomic E-state index is -0.864. The molecule has 0 saturated carbocycles. The smallest absolute Gasteiger partial charge is 0.355 e. The number of para-hydroxylation sites is 1. The first-order valence-corrected chi connectivity index (χ1v) is 8.92. The molecule has 0 aliphatic heterocycles. The van der Waals surface area contributed by atoms with Gasteiger partial charge >= 0.3 is 5.69 Å². The van der Waals surface area contributed by atoms with Crippen LogP contribution >= 0.6 is 0 Å². The van der Waals surface area contributed by atoms with Crippen molar-refractivity contribution in [2.75, 3.05) is 50.8 Å². The van der Waals surface area contributed by atoms with Crippen molar-refractivity contribution in [2.45, 2.75) is 0 Å². The zero-order chi connectivity index (χ0) is 22.8. The topological polar surface area (TPSA) is 175 Å². The molecule has 0 atom stereocenters. The fourth-order valence-electron chi connectivity index (χ4n) is 2.60. The average molecular weight is 435 g/mol. The third-order valence-corrected chi connectivity index (χ3v) is 4.06. The van der Waals surface area contributed by atoms with E-state index in [0.29, 0.717) is 13.1 Å². The first-order valence-electron chi connectivity index (χ1n) is 8.92. The van der Waals surface area contributed by atoms with E-state index >= 15 is 0 Å². The summed E-state index contributed by atoms with van der Waals surface area (Å²) in [5, 5.41) is 22.9. The molecule has 0 saturated heterocycles. The van der Waals surface area contributed by atoms with E-state index < -0.39 is 27.1 Å². The summed E-state index contributed by atoms with van der Waals surface area (Å²) in [6, 6.07) is 5.30. The summed E-state index contributed by atoms with van der Waals surface area (Å²) in [5.41, 5.74) is 3.44. The van der Waals surface area contributed by atoms with Crippen molar-refractivity contribution < 1.29 is 24.1 Å². The van der Waals surface area contributed by atoms with Crippen LogP contribution in [0, 0.1) is 20.2 Å². The fourth-order valence-corrected chi connectivity index (χ4v) is 2.60. The number of hydrazine groups is 1. The lowest BCUT2D eigenvalue weighted by Crippen LogP contribution is -2.33. The van der Waals surface area contributed by atoms with Crippen molar-refractivity contribution >= 4 is 28.9 Å². The summed E-state index contributed by atoms with van der Waals surface area (Å²) >= 11 is 0. The molecular weight excluding hydrogens is 414 g/mol. The molecule has 1 aromatic heterocycles. The predicted octanol–water partition coefficient (Wildman–Crippen LogP) is 1.15. The highest BCUT2D eigenvalue weighted by Gasteiger charge is 2.28. The molecule has 2 rings (SSSR count). The lowest BCUT2D eigenvalue weighted by molar-refractivity contribution is -0.385. The van der Waals surface area contributed by atoms with E-state index in [9.17, 15) is 25.0 Å². The second-order valence-corrected chi connectivity index (χ2v) is 5.98. The van der Waals surface area contributed by atoms with Crippen LogP contribution in [0.15, 0.2) is 30.6 Å². The number of carbonyl (C=O) groups excluding carboxylic acids is 1. The molecular formula is C17H21N7O7. The second kappa shape index (κ2) is 11.3. The van der Waals surface area contributed by atoms with Gasteiger partial charge in [-0.25, -0.2) is 9.97 Å². The van der Waals surface area contributed by atoms with Crippen molar-refractivity contribution in [1.82, 2.24) is 15.4 Å². The van der Waals surface area contributed by atoms with E-state index in [0.717, 1.165) is 6.33 Å². The Morgan fingerprint density at radius 1 is 1.06 bits per heavy atom. The molecule has 1 heterocycles. The number of nitrogens with one attached hydrogen (secondary N) is 2. The number of hydrogen-bond acceptors (Lipinski definition) is 11. The van der Waals surface area contributed by atoms with Gasteiger partial charge in [0, 0.05) is 33.4 Å². The fraction of sp³-hybridized carbons (Fsp3) is 0.353. The molecule has 1 aromatic carbocycles. The van der Waals surface area contributed by atoms with Gasteiger partial charge in [-0.1, -0.05) is 12.1 Å². The SMILES string of the molecule is COCCN(CCOC)c1ncnc(NNC(=O)c2ccccc2[N+](=O)[O-])c1[N+](=O)[O-]. The van der Waals surface area contributed by atoms with E-state index in [2.05, 4.69) is 20.8 Å². The van der Waals surface area contributed by atoms with Gasteiger partial charge in [0.05, 0.1) is 23.1 Å². The Hall–Kier alpha value is -3.91. The molecule has 166 valence electrons. The Morgan fingerprint density at radius 2 is 1.71 bits per heavy atom.